The quantitative estimate of drug-likeness (QED) is 0.528. The van der Waals surface area contributed by atoms with Crippen LogP contribution < -0.4 is 16.0 Å². The second-order valence-corrected chi connectivity index (χ2v) is 6.82. The Hall–Kier alpha value is -3.03. The highest BCUT2D eigenvalue weighted by Crippen LogP contribution is 2.14. The second-order valence-electron chi connectivity index (χ2n) is 6.82. The summed E-state index contributed by atoms with van der Waals surface area (Å²) in [5.74, 6) is 0.746. The summed E-state index contributed by atoms with van der Waals surface area (Å²) >= 11 is 0. The largest absolute Gasteiger partial charge is 0.357 e. The lowest BCUT2D eigenvalue weighted by molar-refractivity contribution is 0.222. The molecular formula is C20H29N7O. The summed E-state index contributed by atoms with van der Waals surface area (Å²) < 4.78 is 1.84. The third-order valence-electron chi connectivity index (χ3n) is 4.69. The number of hydrogen-bond donors (Lipinski definition) is 3. The van der Waals surface area contributed by atoms with Crippen molar-refractivity contribution in [1.82, 2.24) is 25.3 Å². The maximum absolute atomic E-state index is 12.3. The van der Waals surface area contributed by atoms with Gasteiger partial charge in [0.25, 0.3) is 0 Å². The van der Waals surface area contributed by atoms with E-state index in [0.717, 1.165) is 55.4 Å². The van der Waals surface area contributed by atoms with Gasteiger partial charge in [-0.05, 0) is 43.5 Å². The van der Waals surface area contributed by atoms with E-state index in [1.807, 2.05) is 53.9 Å². The van der Waals surface area contributed by atoms with Crippen molar-refractivity contribution in [2.45, 2.75) is 32.9 Å². The number of aryl methyl sites for hydroxylation is 1. The van der Waals surface area contributed by atoms with E-state index in [9.17, 15) is 4.79 Å². The fourth-order valence-electron chi connectivity index (χ4n) is 3.13. The van der Waals surface area contributed by atoms with Crippen LogP contribution >= 0.6 is 0 Å². The van der Waals surface area contributed by atoms with E-state index < -0.39 is 0 Å². The molecule has 0 unspecified atom stereocenters. The number of aromatic nitrogens is 2. The topological polar surface area (TPSA) is 86.6 Å². The third kappa shape index (κ3) is 5.48. The molecule has 2 amide bonds. The normalized spacial score (nSPS) is 14.2. The van der Waals surface area contributed by atoms with Gasteiger partial charge in [0.05, 0.1) is 18.8 Å². The van der Waals surface area contributed by atoms with Gasteiger partial charge in [-0.3, -0.25) is 4.68 Å². The number of amides is 2. The minimum Gasteiger partial charge on any atom is -0.357 e. The Morgan fingerprint density at radius 3 is 2.75 bits per heavy atom. The molecule has 0 aliphatic carbocycles. The zero-order valence-corrected chi connectivity index (χ0v) is 16.6. The van der Waals surface area contributed by atoms with Gasteiger partial charge in [0.15, 0.2) is 5.96 Å². The maximum atomic E-state index is 12.3. The predicted molar refractivity (Wildman–Crippen MR) is 111 cm³/mol. The molecule has 0 atom stereocenters. The van der Waals surface area contributed by atoms with Crippen LogP contribution in [0.2, 0.25) is 0 Å². The summed E-state index contributed by atoms with van der Waals surface area (Å²) in [4.78, 5) is 18.8. The lowest BCUT2D eigenvalue weighted by atomic mass is 10.2. The molecule has 0 radical (unpaired) electrons. The van der Waals surface area contributed by atoms with Crippen molar-refractivity contribution in [2.75, 3.05) is 25.0 Å². The first-order valence-corrected chi connectivity index (χ1v) is 9.79. The minimum absolute atomic E-state index is 0.0238. The van der Waals surface area contributed by atoms with E-state index in [1.54, 1.807) is 6.20 Å². The summed E-state index contributed by atoms with van der Waals surface area (Å²) in [7, 11) is 1.92. The van der Waals surface area contributed by atoms with E-state index in [4.69, 9.17) is 0 Å². The van der Waals surface area contributed by atoms with Crippen molar-refractivity contribution < 1.29 is 4.79 Å². The molecule has 1 saturated heterocycles. The number of guanidine groups is 1. The molecular weight excluding hydrogens is 354 g/mol. The van der Waals surface area contributed by atoms with Crippen molar-refractivity contribution in [3.05, 3.63) is 47.8 Å². The van der Waals surface area contributed by atoms with Crippen LogP contribution in [0.5, 0.6) is 0 Å². The monoisotopic (exact) mass is 383 g/mol. The molecule has 0 spiro atoms. The average molecular weight is 384 g/mol. The molecule has 150 valence electrons. The number of rotatable bonds is 6. The van der Waals surface area contributed by atoms with Gasteiger partial charge in [0.1, 0.15) is 0 Å². The van der Waals surface area contributed by atoms with Crippen molar-refractivity contribution in [1.29, 1.82) is 0 Å². The molecule has 1 aliphatic rings. The molecule has 1 aromatic heterocycles. The highest BCUT2D eigenvalue weighted by Gasteiger charge is 2.17. The van der Waals surface area contributed by atoms with Crippen LogP contribution in [-0.2, 0) is 20.1 Å². The minimum atomic E-state index is -0.0238. The van der Waals surface area contributed by atoms with Gasteiger partial charge in [0, 0.05) is 38.6 Å². The Bertz CT molecular complexity index is 808. The molecule has 0 bridgehead atoms. The number of carbonyl (C=O) groups excluding carboxylic acids is 1. The Labute approximate surface area is 166 Å². The summed E-state index contributed by atoms with van der Waals surface area (Å²) in [5.41, 5.74) is 2.92. The van der Waals surface area contributed by atoms with Crippen LogP contribution in [0.3, 0.4) is 0 Å². The standard InChI is InChI=1S/C20H29N7O/c1-3-21-19(23-15-18-9-10-24-26(18)2)22-14-16-7-6-8-17(13-16)25-20(28)27-11-4-5-12-27/h6-10,13H,3-5,11-12,14-15H2,1-2H3,(H,25,28)(H2,21,22,23). The fraction of sp³-hybridized carbons (Fsp3) is 0.450. The Morgan fingerprint density at radius 1 is 1.21 bits per heavy atom. The van der Waals surface area contributed by atoms with Crippen LogP contribution in [-0.4, -0.2) is 46.3 Å². The summed E-state index contributed by atoms with van der Waals surface area (Å²) in [6, 6.07) is 9.79. The molecule has 8 nitrogen and oxygen atoms in total. The fourth-order valence-corrected chi connectivity index (χ4v) is 3.13. The van der Waals surface area contributed by atoms with Crippen molar-refractivity contribution in [2.24, 2.45) is 12.0 Å². The zero-order chi connectivity index (χ0) is 19.8. The predicted octanol–water partition coefficient (Wildman–Crippen LogP) is 2.30. The van der Waals surface area contributed by atoms with E-state index in [2.05, 4.69) is 26.0 Å². The summed E-state index contributed by atoms with van der Waals surface area (Å²) in [6.45, 7) is 5.66. The lowest BCUT2D eigenvalue weighted by Crippen LogP contribution is -2.37. The molecule has 1 aliphatic heterocycles. The van der Waals surface area contributed by atoms with Gasteiger partial charge in [-0.1, -0.05) is 12.1 Å². The Morgan fingerprint density at radius 2 is 2.04 bits per heavy atom. The highest BCUT2D eigenvalue weighted by atomic mass is 16.2. The van der Waals surface area contributed by atoms with Crippen molar-refractivity contribution in [3.63, 3.8) is 0 Å². The van der Waals surface area contributed by atoms with E-state index in [-0.39, 0.29) is 6.03 Å². The molecule has 2 aromatic rings. The summed E-state index contributed by atoms with van der Waals surface area (Å²) in [6.07, 6.45) is 3.95. The first-order chi connectivity index (χ1) is 13.7. The molecule has 3 rings (SSSR count). The van der Waals surface area contributed by atoms with E-state index in [0.29, 0.717) is 13.1 Å². The van der Waals surface area contributed by atoms with Crippen LogP contribution in [0, 0.1) is 0 Å². The van der Waals surface area contributed by atoms with Crippen LogP contribution in [0.25, 0.3) is 0 Å². The first kappa shape index (κ1) is 19.7. The van der Waals surface area contributed by atoms with Gasteiger partial charge in [-0.2, -0.15) is 5.10 Å². The summed E-state index contributed by atoms with van der Waals surface area (Å²) in [5, 5.41) is 13.7. The molecule has 0 saturated carbocycles. The molecule has 2 heterocycles. The smallest absolute Gasteiger partial charge is 0.321 e. The SMILES string of the molecule is CCNC(=NCc1cccc(NC(=O)N2CCCC2)c1)NCc1ccnn1C. The number of carbonyl (C=O) groups is 1. The van der Waals surface area contributed by atoms with Crippen LogP contribution in [0.4, 0.5) is 10.5 Å². The number of nitrogens with zero attached hydrogens (tertiary/aromatic N) is 4. The van der Waals surface area contributed by atoms with Gasteiger partial charge in [-0.15, -0.1) is 0 Å². The number of anilines is 1. The van der Waals surface area contributed by atoms with Crippen molar-refractivity contribution in [3.8, 4) is 0 Å². The number of hydrogen-bond acceptors (Lipinski definition) is 3. The van der Waals surface area contributed by atoms with Gasteiger partial charge in [-0.25, -0.2) is 9.79 Å². The molecule has 28 heavy (non-hydrogen) atoms. The molecule has 1 aromatic carbocycles. The first-order valence-electron chi connectivity index (χ1n) is 9.79. The van der Waals surface area contributed by atoms with Crippen molar-refractivity contribution >= 4 is 17.7 Å². The number of urea groups is 1. The molecule has 3 N–H and O–H groups in total. The van der Waals surface area contributed by atoms with Crippen LogP contribution in [0.1, 0.15) is 31.0 Å². The zero-order valence-electron chi connectivity index (χ0n) is 16.6. The van der Waals surface area contributed by atoms with E-state index in [1.165, 1.54) is 0 Å². The number of likely N-dealkylation sites (tertiary alicyclic amines) is 1. The number of benzene rings is 1. The molecule has 1 fully saturated rings. The number of nitrogens with one attached hydrogen (secondary N) is 3. The Balaban J connectivity index is 1.58. The Kier molecular flexibility index (Phi) is 6.89. The third-order valence-corrected chi connectivity index (χ3v) is 4.69. The highest BCUT2D eigenvalue weighted by molar-refractivity contribution is 5.89. The van der Waals surface area contributed by atoms with Crippen LogP contribution in [0.15, 0.2) is 41.5 Å². The van der Waals surface area contributed by atoms with Gasteiger partial charge >= 0.3 is 6.03 Å². The maximum Gasteiger partial charge on any atom is 0.321 e. The average Bonchev–Trinajstić information content (AvgIpc) is 3.36. The lowest BCUT2D eigenvalue weighted by Gasteiger charge is -2.16. The van der Waals surface area contributed by atoms with E-state index >= 15 is 0 Å². The molecule has 8 heteroatoms. The van der Waals surface area contributed by atoms with Gasteiger partial charge < -0.3 is 20.9 Å². The van der Waals surface area contributed by atoms with Gasteiger partial charge in [0.2, 0.25) is 0 Å². The second kappa shape index (κ2) is 9.77. The number of aliphatic imine (C=N–C) groups is 1.